The highest BCUT2D eigenvalue weighted by molar-refractivity contribution is 7.92. The van der Waals surface area contributed by atoms with Gasteiger partial charge in [-0.1, -0.05) is 48.5 Å². The van der Waals surface area contributed by atoms with Gasteiger partial charge in [-0.3, -0.25) is 9.10 Å². The summed E-state index contributed by atoms with van der Waals surface area (Å²) in [6.07, 6.45) is 2.24. The Hall–Kier alpha value is -2.34. The molecule has 0 saturated heterocycles. The number of hydrogen-bond acceptors (Lipinski definition) is 3. The van der Waals surface area contributed by atoms with Crippen LogP contribution in [0.3, 0.4) is 0 Å². The summed E-state index contributed by atoms with van der Waals surface area (Å²) in [6.45, 7) is 4.26. The third-order valence-corrected chi connectivity index (χ3v) is 5.38. The number of aryl methyl sites for hydroxylation is 3. The van der Waals surface area contributed by atoms with Crippen LogP contribution in [-0.2, 0) is 21.2 Å². The number of hydrogen-bond donors (Lipinski definition) is 1. The molecule has 1 amide bonds. The SMILES string of the molecule is Cc1cccc(C)c1N(CCNC(=O)CCc1ccccc1)S(C)(=O)=O. The van der Waals surface area contributed by atoms with Gasteiger partial charge in [0.05, 0.1) is 18.5 Å². The zero-order chi connectivity index (χ0) is 19.2. The van der Waals surface area contributed by atoms with E-state index in [1.54, 1.807) is 0 Å². The molecule has 1 N–H and O–H groups in total. The van der Waals surface area contributed by atoms with Crippen LogP contribution in [0.4, 0.5) is 5.69 Å². The number of carbonyl (C=O) groups is 1. The summed E-state index contributed by atoms with van der Waals surface area (Å²) in [7, 11) is -3.43. The smallest absolute Gasteiger partial charge is 0.232 e. The molecule has 2 aromatic carbocycles. The van der Waals surface area contributed by atoms with Crippen molar-refractivity contribution in [2.75, 3.05) is 23.7 Å². The quantitative estimate of drug-likeness (QED) is 0.773. The van der Waals surface area contributed by atoms with E-state index >= 15 is 0 Å². The minimum absolute atomic E-state index is 0.0798. The Balaban J connectivity index is 1.95. The molecule has 0 saturated carbocycles. The number of nitrogens with one attached hydrogen (secondary N) is 1. The summed E-state index contributed by atoms with van der Waals surface area (Å²) in [5.74, 6) is -0.0798. The van der Waals surface area contributed by atoms with Crippen LogP contribution in [0.15, 0.2) is 48.5 Å². The molecule has 2 rings (SSSR count). The molecule has 0 atom stereocenters. The summed E-state index contributed by atoms with van der Waals surface area (Å²) in [6, 6.07) is 15.5. The van der Waals surface area contributed by atoms with E-state index in [0.717, 1.165) is 16.7 Å². The van der Waals surface area contributed by atoms with Gasteiger partial charge in [-0.2, -0.15) is 0 Å². The fraction of sp³-hybridized carbons (Fsp3) is 0.350. The van der Waals surface area contributed by atoms with Crippen LogP contribution in [0.2, 0.25) is 0 Å². The van der Waals surface area contributed by atoms with Gasteiger partial charge < -0.3 is 5.32 Å². The molecule has 0 radical (unpaired) electrons. The number of nitrogens with zero attached hydrogens (tertiary/aromatic N) is 1. The van der Waals surface area contributed by atoms with Crippen LogP contribution in [0.5, 0.6) is 0 Å². The predicted molar refractivity (Wildman–Crippen MR) is 106 cm³/mol. The Bertz CT molecular complexity index is 828. The Morgan fingerprint density at radius 3 is 2.19 bits per heavy atom. The topological polar surface area (TPSA) is 66.5 Å². The van der Waals surface area contributed by atoms with E-state index in [4.69, 9.17) is 0 Å². The summed E-state index contributed by atoms with van der Waals surface area (Å²) < 4.78 is 25.8. The minimum atomic E-state index is -3.43. The van der Waals surface area contributed by atoms with Crippen molar-refractivity contribution in [1.29, 1.82) is 0 Å². The van der Waals surface area contributed by atoms with E-state index in [9.17, 15) is 13.2 Å². The van der Waals surface area contributed by atoms with Crippen LogP contribution in [0.25, 0.3) is 0 Å². The van der Waals surface area contributed by atoms with E-state index in [2.05, 4.69) is 5.32 Å². The third-order valence-electron chi connectivity index (χ3n) is 4.21. The zero-order valence-electron chi connectivity index (χ0n) is 15.5. The maximum absolute atomic E-state index is 12.2. The average molecular weight is 375 g/mol. The van der Waals surface area contributed by atoms with Crippen molar-refractivity contribution < 1.29 is 13.2 Å². The van der Waals surface area contributed by atoms with Gasteiger partial charge in [-0.05, 0) is 37.0 Å². The van der Waals surface area contributed by atoms with E-state index in [0.29, 0.717) is 18.5 Å². The lowest BCUT2D eigenvalue weighted by Crippen LogP contribution is -2.39. The summed E-state index contributed by atoms with van der Waals surface area (Å²) in [5, 5.41) is 2.82. The molecule has 140 valence electrons. The van der Waals surface area contributed by atoms with Gasteiger partial charge in [0.15, 0.2) is 0 Å². The van der Waals surface area contributed by atoms with Crippen LogP contribution in [-0.4, -0.2) is 33.7 Å². The highest BCUT2D eigenvalue weighted by Crippen LogP contribution is 2.26. The molecule has 0 aliphatic rings. The van der Waals surface area contributed by atoms with Crippen molar-refractivity contribution in [2.45, 2.75) is 26.7 Å². The number of benzene rings is 2. The van der Waals surface area contributed by atoms with Crippen LogP contribution >= 0.6 is 0 Å². The molecular weight excluding hydrogens is 348 g/mol. The fourth-order valence-corrected chi connectivity index (χ4v) is 3.97. The average Bonchev–Trinajstić information content (AvgIpc) is 2.58. The van der Waals surface area contributed by atoms with Crippen molar-refractivity contribution in [2.24, 2.45) is 0 Å². The monoisotopic (exact) mass is 374 g/mol. The van der Waals surface area contributed by atoms with Crippen molar-refractivity contribution in [1.82, 2.24) is 5.32 Å². The Labute approximate surface area is 156 Å². The van der Waals surface area contributed by atoms with Crippen molar-refractivity contribution in [3.8, 4) is 0 Å². The second-order valence-corrected chi connectivity index (χ2v) is 8.32. The van der Waals surface area contributed by atoms with E-state index in [1.165, 1.54) is 10.6 Å². The molecule has 0 fully saturated rings. The number of sulfonamides is 1. The molecule has 5 nitrogen and oxygen atoms in total. The third kappa shape index (κ3) is 5.59. The lowest BCUT2D eigenvalue weighted by Gasteiger charge is -2.26. The lowest BCUT2D eigenvalue weighted by molar-refractivity contribution is -0.120. The molecule has 2 aromatic rings. The molecular formula is C20H26N2O3S. The highest BCUT2D eigenvalue weighted by atomic mass is 32.2. The summed E-state index contributed by atoms with van der Waals surface area (Å²) >= 11 is 0. The maximum Gasteiger partial charge on any atom is 0.232 e. The van der Waals surface area contributed by atoms with Crippen molar-refractivity contribution in [3.05, 3.63) is 65.2 Å². The first-order chi connectivity index (χ1) is 12.3. The summed E-state index contributed by atoms with van der Waals surface area (Å²) in [4.78, 5) is 12.0. The number of anilines is 1. The molecule has 6 heteroatoms. The Kier molecular flexibility index (Phi) is 6.80. The minimum Gasteiger partial charge on any atom is -0.354 e. The van der Waals surface area contributed by atoms with Crippen LogP contribution in [0.1, 0.15) is 23.1 Å². The Morgan fingerprint density at radius 2 is 1.62 bits per heavy atom. The molecule has 0 spiro atoms. The van der Waals surface area contributed by atoms with Gasteiger partial charge in [0.2, 0.25) is 15.9 Å². The number of rotatable bonds is 8. The molecule has 0 aromatic heterocycles. The number of amides is 1. The number of carbonyl (C=O) groups excluding carboxylic acids is 1. The van der Waals surface area contributed by atoms with Crippen molar-refractivity contribution >= 4 is 21.6 Å². The van der Waals surface area contributed by atoms with Gasteiger partial charge in [-0.25, -0.2) is 8.42 Å². The molecule has 0 unspecified atom stereocenters. The first kappa shape index (κ1) is 20.0. The largest absolute Gasteiger partial charge is 0.354 e. The first-order valence-electron chi connectivity index (χ1n) is 8.63. The highest BCUT2D eigenvalue weighted by Gasteiger charge is 2.20. The zero-order valence-corrected chi connectivity index (χ0v) is 16.3. The fourth-order valence-electron chi connectivity index (χ4n) is 2.93. The molecule has 0 aliphatic carbocycles. The molecule has 0 aliphatic heterocycles. The van der Waals surface area contributed by atoms with Gasteiger partial charge in [0.25, 0.3) is 0 Å². The van der Waals surface area contributed by atoms with Crippen LogP contribution in [0, 0.1) is 13.8 Å². The van der Waals surface area contributed by atoms with E-state index in [1.807, 2.05) is 62.4 Å². The number of para-hydroxylation sites is 1. The van der Waals surface area contributed by atoms with Gasteiger partial charge >= 0.3 is 0 Å². The first-order valence-corrected chi connectivity index (χ1v) is 10.5. The predicted octanol–water partition coefficient (Wildman–Crippen LogP) is 2.82. The van der Waals surface area contributed by atoms with Gasteiger partial charge in [0, 0.05) is 13.0 Å². The maximum atomic E-state index is 12.2. The lowest BCUT2D eigenvalue weighted by atomic mass is 10.1. The van der Waals surface area contributed by atoms with Gasteiger partial charge in [0.1, 0.15) is 0 Å². The molecule has 26 heavy (non-hydrogen) atoms. The van der Waals surface area contributed by atoms with E-state index in [-0.39, 0.29) is 19.0 Å². The summed E-state index contributed by atoms with van der Waals surface area (Å²) in [5.41, 5.74) is 3.58. The standard InChI is InChI=1S/C20H26N2O3S/c1-16-8-7-9-17(2)20(16)22(26(3,24)25)15-14-21-19(23)13-12-18-10-5-4-6-11-18/h4-11H,12-15H2,1-3H3,(H,21,23). The van der Waals surface area contributed by atoms with E-state index < -0.39 is 10.0 Å². The second-order valence-electron chi connectivity index (χ2n) is 6.41. The molecule has 0 heterocycles. The van der Waals surface area contributed by atoms with Gasteiger partial charge in [-0.15, -0.1) is 0 Å². The molecule has 0 bridgehead atoms. The van der Waals surface area contributed by atoms with Crippen LogP contribution < -0.4 is 9.62 Å². The van der Waals surface area contributed by atoms with Crippen molar-refractivity contribution in [3.63, 3.8) is 0 Å². The second kappa shape index (κ2) is 8.85. The normalized spacial score (nSPS) is 11.2. The Morgan fingerprint density at radius 1 is 1.00 bits per heavy atom.